The van der Waals surface area contributed by atoms with Crippen LogP contribution in [0.1, 0.15) is 45.4 Å². The van der Waals surface area contributed by atoms with Crippen LogP contribution < -0.4 is 5.32 Å². The summed E-state index contributed by atoms with van der Waals surface area (Å²) in [4.78, 5) is 0. The van der Waals surface area contributed by atoms with E-state index in [0.29, 0.717) is 12.1 Å². The molecule has 1 aliphatic heterocycles. The molecule has 1 aliphatic rings. The zero-order chi connectivity index (χ0) is 10.9. The first-order chi connectivity index (χ1) is 7.33. The van der Waals surface area contributed by atoms with E-state index < -0.39 is 0 Å². The largest absolute Gasteiger partial charge is 0.378 e. The van der Waals surface area contributed by atoms with Crippen molar-refractivity contribution in [3.8, 4) is 0 Å². The van der Waals surface area contributed by atoms with E-state index in [-0.39, 0.29) is 0 Å². The molecule has 0 saturated carbocycles. The van der Waals surface area contributed by atoms with Gasteiger partial charge in [-0.05, 0) is 52.0 Å². The first-order valence-electron chi connectivity index (χ1n) is 6.29. The van der Waals surface area contributed by atoms with Crippen LogP contribution in [0.2, 0.25) is 0 Å². The predicted octanol–water partition coefficient (Wildman–Crippen LogP) is 2.89. The van der Waals surface area contributed by atoms with Crippen molar-refractivity contribution in [1.82, 2.24) is 5.32 Å². The van der Waals surface area contributed by atoms with Crippen LogP contribution >= 0.6 is 0 Å². The second-order valence-electron chi connectivity index (χ2n) is 4.50. The monoisotopic (exact) mass is 211 g/mol. The normalized spacial score (nSPS) is 23.7. The third kappa shape index (κ3) is 5.95. The molecule has 1 saturated heterocycles. The van der Waals surface area contributed by atoms with E-state index >= 15 is 0 Å². The lowest BCUT2D eigenvalue weighted by Gasteiger charge is -2.23. The molecule has 2 atom stereocenters. The maximum Gasteiger partial charge on any atom is 0.0587 e. The van der Waals surface area contributed by atoms with Crippen LogP contribution in [0.25, 0.3) is 0 Å². The maximum atomic E-state index is 5.68. The van der Waals surface area contributed by atoms with Gasteiger partial charge in [-0.25, -0.2) is 0 Å². The summed E-state index contributed by atoms with van der Waals surface area (Å²) in [7, 11) is 0. The van der Waals surface area contributed by atoms with Gasteiger partial charge in [0, 0.05) is 12.6 Å². The van der Waals surface area contributed by atoms with Crippen molar-refractivity contribution in [2.75, 3.05) is 13.2 Å². The lowest BCUT2D eigenvalue weighted by atomic mass is 10.1. The zero-order valence-corrected chi connectivity index (χ0v) is 10.0. The van der Waals surface area contributed by atoms with Gasteiger partial charge in [0.1, 0.15) is 0 Å². The summed E-state index contributed by atoms with van der Waals surface area (Å²) in [5.41, 5.74) is 0. The molecule has 0 aliphatic carbocycles. The summed E-state index contributed by atoms with van der Waals surface area (Å²) in [5.74, 6) is 0. The molecule has 15 heavy (non-hydrogen) atoms. The average Bonchev–Trinajstić information content (AvgIpc) is 2.28. The molecule has 0 spiro atoms. The molecular weight excluding hydrogens is 186 g/mol. The summed E-state index contributed by atoms with van der Waals surface area (Å²) in [6, 6.07) is 0.603. The van der Waals surface area contributed by atoms with Gasteiger partial charge in [-0.1, -0.05) is 6.08 Å². The molecule has 0 aromatic heterocycles. The minimum atomic E-state index is 0.512. The van der Waals surface area contributed by atoms with E-state index in [2.05, 4.69) is 18.8 Å². The van der Waals surface area contributed by atoms with Crippen LogP contribution in [0.3, 0.4) is 0 Å². The number of allylic oxidation sites excluding steroid dienone is 1. The molecule has 2 nitrogen and oxygen atoms in total. The standard InChI is InChI=1S/C13H25NO/c1-3-4-7-12(2)14-10-9-13-8-5-6-11-15-13/h3,12-14H,1,4-11H2,2H3. The fourth-order valence-corrected chi connectivity index (χ4v) is 2.00. The molecule has 0 radical (unpaired) electrons. The van der Waals surface area contributed by atoms with Gasteiger partial charge < -0.3 is 10.1 Å². The van der Waals surface area contributed by atoms with Crippen LogP contribution in [-0.4, -0.2) is 25.3 Å². The molecule has 0 amide bonds. The van der Waals surface area contributed by atoms with Crippen molar-refractivity contribution in [1.29, 1.82) is 0 Å². The fraction of sp³-hybridized carbons (Fsp3) is 0.846. The summed E-state index contributed by atoms with van der Waals surface area (Å²) in [6.07, 6.45) is 9.81. The zero-order valence-electron chi connectivity index (χ0n) is 10.0. The molecular formula is C13H25NO. The predicted molar refractivity (Wildman–Crippen MR) is 65.1 cm³/mol. The van der Waals surface area contributed by atoms with Gasteiger partial charge >= 0.3 is 0 Å². The summed E-state index contributed by atoms with van der Waals surface area (Å²) in [5, 5.41) is 3.54. The van der Waals surface area contributed by atoms with Crippen LogP contribution in [0, 0.1) is 0 Å². The van der Waals surface area contributed by atoms with Crippen molar-refractivity contribution < 1.29 is 4.74 Å². The van der Waals surface area contributed by atoms with Gasteiger partial charge in [-0.3, -0.25) is 0 Å². The van der Waals surface area contributed by atoms with Crippen molar-refractivity contribution in [2.45, 2.75) is 57.6 Å². The molecule has 0 aromatic rings. The Hall–Kier alpha value is -0.340. The third-order valence-electron chi connectivity index (χ3n) is 3.04. The van der Waals surface area contributed by atoms with Gasteiger partial charge in [0.25, 0.3) is 0 Å². The summed E-state index contributed by atoms with van der Waals surface area (Å²) in [6.45, 7) is 8.04. The Morgan fingerprint density at radius 2 is 2.40 bits per heavy atom. The molecule has 88 valence electrons. The third-order valence-corrected chi connectivity index (χ3v) is 3.04. The molecule has 1 N–H and O–H groups in total. The molecule has 0 aromatic carbocycles. The smallest absolute Gasteiger partial charge is 0.0587 e. The molecule has 1 heterocycles. The fourth-order valence-electron chi connectivity index (χ4n) is 2.00. The van der Waals surface area contributed by atoms with Gasteiger partial charge in [-0.2, -0.15) is 0 Å². The molecule has 0 bridgehead atoms. The van der Waals surface area contributed by atoms with Crippen molar-refractivity contribution in [2.24, 2.45) is 0 Å². The second kappa shape index (κ2) is 7.89. The number of ether oxygens (including phenoxy) is 1. The molecule has 1 fully saturated rings. The highest BCUT2D eigenvalue weighted by Gasteiger charge is 2.13. The highest BCUT2D eigenvalue weighted by atomic mass is 16.5. The van der Waals surface area contributed by atoms with Crippen LogP contribution in [0.15, 0.2) is 12.7 Å². The number of nitrogens with one attached hydrogen (secondary N) is 1. The topological polar surface area (TPSA) is 21.3 Å². The van der Waals surface area contributed by atoms with Crippen molar-refractivity contribution in [3.05, 3.63) is 12.7 Å². The Morgan fingerprint density at radius 3 is 3.07 bits per heavy atom. The van der Waals surface area contributed by atoms with Crippen molar-refractivity contribution in [3.63, 3.8) is 0 Å². The number of rotatable bonds is 7. The van der Waals surface area contributed by atoms with Gasteiger partial charge in [0.15, 0.2) is 0 Å². The second-order valence-corrected chi connectivity index (χ2v) is 4.50. The van der Waals surface area contributed by atoms with Crippen LogP contribution in [-0.2, 0) is 4.74 Å². The SMILES string of the molecule is C=CCCC(C)NCCC1CCCCO1. The van der Waals surface area contributed by atoms with Gasteiger partial charge in [-0.15, -0.1) is 6.58 Å². The number of hydrogen-bond acceptors (Lipinski definition) is 2. The average molecular weight is 211 g/mol. The van der Waals surface area contributed by atoms with E-state index in [9.17, 15) is 0 Å². The van der Waals surface area contributed by atoms with Crippen molar-refractivity contribution >= 4 is 0 Å². The minimum Gasteiger partial charge on any atom is -0.378 e. The Balaban J connectivity index is 1.96. The summed E-state index contributed by atoms with van der Waals surface area (Å²) >= 11 is 0. The van der Waals surface area contributed by atoms with E-state index in [4.69, 9.17) is 4.74 Å². The lowest BCUT2D eigenvalue weighted by Crippen LogP contribution is -2.30. The quantitative estimate of drug-likeness (QED) is 0.654. The molecule has 2 heteroatoms. The minimum absolute atomic E-state index is 0.512. The first kappa shape index (κ1) is 12.7. The van der Waals surface area contributed by atoms with Crippen LogP contribution in [0.4, 0.5) is 0 Å². The van der Waals surface area contributed by atoms with E-state index in [1.165, 1.54) is 32.1 Å². The summed E-state index contributed by atoms with van der Waals surface area (Å²) < 4.78 is 5.68. The number of hydrogen-bond donors (Lipinski definition) is 1. The Labute approximate surface area is 94.1 Å². The van der Waals surface area contributed by atoms with E-state index in [1.54, 1.807) is 0 Å². The highest BCUT2D eigenvalue weighted by Crippen LogP contribution is 2.14. The van der Waals surface area contributed by atoms with E-state index in [0.717, 1.165) is 19.6 Å². The van der Waals surface area contributed by atoms with E-state index in [1.807, 2.05) is 6.08 Å². The molecule has 1 rings (SSSR count). The maximum absolute atomic E-state index is 5.68. The van der Waals surface area contributed by atoms with Gasteiger partial charge in [0.2, 0.25) is 0 Å². The van der Waals surface area contributed by atoms with Crippen LogP contribution in [0.5, 0.6) is 0 Å². The highest BCUT2D eigenvalue weighted by molar-refractivity contribution is 4.72. The Morgan fingerprint density at radius 1 is 1.53 bits per heavy atom. The first-order valence-corrected chi connectivity index (χ1v) is 6.29. The molecule has 2 unspecified atom stereocenters. The van der Waals surface area contributed by atoms with Gasteiger partial charge in [0.05, 0.1) is 6.10 Å². The lowest BCUT2D eigenvalue weighted by molar-refractivity contribution is 0.0112. The Bertz CT molecular complexity index is 164. The Kier molecular flexibility index (Phi) is 6.69.